The van der Waals surface area contributed by atoms with Crippen molar-refractivity contribution in [2.45, 2.75) is 13.3 Å². The van der Waals surface area contributed by atoms with Crippen molar-refractivity contribution in [1.29, 1.82) is 5.26 Å². The molecule has 0 saturated carbocycles. The summed E-state index contributed by atoms with van der Waals surface area (Å²) in [7, 11) is 0. The van der Waals surface area contributed by atoms with E-state index in [2.05, 4.69) is 16.0 Å². The molecule has 0 bridgehead atoms. The molecular weight excluding hydrogens is 244 g/mol. The summed E-state index contributed by atoms with van der Waals surface area (Å²) < 4.78 is 0. The zero-order valence-corrected chi connectivity index (χ0v) is 10.7. The van der Waals surface area contributed by atoms with Gasteiger partial charge in [-0.2, -0.15) is 5.26 Å². The minimum absolute atomic E-state index is 0.120. The Morgan fingerprint density at radius 2 is 2.05 bits per heavy atom. The average molecular weight is 260 g/mol. The van der Waals surface area contributed by atoms with Gasteiger partial charge < -0.3 is 16.0 Å². The second-order valence-corrected chi connectivity index (χ2v) is 3.87. The van der Waals surface area contributed by atoms with Crippen LogP contribution < -0.4 is 16.0 Å². The van der Waals surface area contributed by atoms with Gasteiger partial charge in [0.25, 0.3) is 0 Å². The lowest BCUT2D eigenvalue weighted by molar-refractivity contribution is -0.119. The van der Waals surface area contributed by atoms with Crippen LogP contribution in [-0.4, -0.2) is 24.9 Å². The molecule has 1 rings (SSSR count). The highest BCUT2D eigenvalue weighted by atomic mass is 16.2. The quantitative estimate of drug-likeness (QED) is 0.667. The zero-order chi connectivity index (χ0) is 14.1. The first-order chi connectivity index (χ1) is 9.11. The van der Waals surface area contributed by atoms with Crippen molar-refractivity contribution >= 4 is 23.2 Å². The molecule has 0 atom stereocenters. The maximum Gasteiger partial charge on any atom is 0.239 e. The van der Waals surface area contributed by atoms with E-state index in [0.717, 1.165) is 5.69 Å². The van der Waals surface area contributed by atoms with E-state index in [1.54, 1.807) is 24.3 Å². The average Bonchev–Trinajstić information content (AvgIpc) is 2.36. The molecule has 0 saturated heterocycles. The second kappa shape index (κ2) is 7.71. The van der Waals surface area contributed by atoms with Crippen molar-refractivity contribution in [3.05, 3.63) is 24.3 Å². The fraction of sp³-hybridized carbons (Fsp3) is 0.308. The van der Waals surface area contributed by atoms with Gasteiger partial charge in [0.15, 0.2) is 0 Å². The molecule has 100 valence electrons. The molecule has 2 amide bonds. The first kappa shape index (κ1) is 14.5. The number of hydrogen-bond acceptors (Lipinski definition) is 4. The Morgan fingerprint density at radius 1 is 1.32 bits per heavy atom. The lowest BCUT2D eigenvalue weighted by Crippen LogP contribution is -2.30. The summed E-state index contributed by atoms with van der Waals surface area (Å²) in [5, 5.41) is 16.5. The summed E-state index contributed by atoms with van der Waals surface area (Å²) in [6.07, 6.45) is 0.295. The molecule has 3 N–H and O–H groups in total. The summed E-state index contributed by atoms with van der Waals surface area (Å²) in [6, 6.07) is 9.03. The SMILES string of the molecule is CC(=O)Nc1cccc(NCC(=O)NCCC#N)c1. The molecule has 0 radical (unpaired) electrons. The number of nitriles is 1. The Balaban J connectivity index is 2.42. The van der Waals surface area contributed by atoms with E-state index in [-0.39, 0.29) is 18.4 Å². The molecule has 0 spiro atoms. The smallest absolute Gasteiger partial charge is 0.239 e. The lowest BCUT2D eigenvalue weighted by atomic mass is 10.2. The van der Waals surface area contributed by atoms with Crippen LogP contribution in [0.1, 0.15) is 13.3 Å². The van der Waals surface area contributed by atoms with Crippen LogP contribution in [0.5, 0.6) is 0 Å². The maximum atomic E-state index is 11.4. The number of rotatable bonds is 6. The third-order valence-corrected chi connectivity index (χ3v) is 2.19. The number of anilines is 2. The van der Waals surface area contributed by atoms with Gasteiger partial charge in [-0.05, 0) is 18.2 Å². The van der Waals surface area contributed by atoms with E-state index < -0.39 is 0 Å². The van der Waals surface area contributed by atoms with Gasteiger partial charge in [0.1, 0.15) is 0 Å². The van der Waals surface area contributed by atoms with Crippen LogP contribution in [0.25, 0.3) is 0 Å². The predicted molar refractivity (Wildman–Crippen MR) is 72.5 cm³/mol. The van der Waals surface area contributed by atoms with Crippen molar-refractivity contribution in [2.24, 2.45) is 0 Å². The monoisotopic (exact) mass is 260 g/mol. The molecule has 0 aliphatic rings. The number of carbonyl (C=O) groups excluding carboxylic acids is 2. The standard InChI is InChI=1S/C13H16N4O2/c1-10(18)17-12-5-2-4-11(8-12)16-9-13(19)15-7-3-6-14/h2,4-5,8,16H,3,7,9H2,1H3,(H,15,19)(H,17,18). The van der Waals surface area contributed by atoms with Crippen LogP contribution in [0, 0.1) is 11.3 Å². The highest BCUT2D eigenvalue weighted by Gasteiger charge is 2.01. The predicted octanol–water partition coefficient (Wildman–Crippen LogP) is 1.09. The second-order valence-electron chi connectivity index (χ2n) is 3.87. The van der Waals surface area contributed by atoms with Crippen molar-refractivity contribution in [3.63, 3.8) is 0 Å². The lowest BCUT2D eigenvalue weighted by Gasteiger charge is -2.08. The Hall–Kier alpha value is -2.55. The largest absolute Gasteiger partial charge is 0.376 e. The van der Waals surface area contributed by atoms with Crippen molar-refractivity contribution < 1.29 is 9.59 Å². The van der Waals surface area contributed by atoms with Gasteiger partial charge in [0, 0.05) is 24.8 Å². The number of amides is 2. The number of carbonyl (C=O) groups is 2. The van der Waals surface area contributed by atoms with Gasteiger partial charge in [0.05, 0.1) is 19.0 Å². The summed E-state index contributed by atoms with van der Waals surface area (Å²) in [5.74, 6) is -0.327. The summed E-state index contributed by atoms with van der Waals surface area (Å²) in [5.41, 5.74) is 1.41. The third-order valence-electron chi connectivity index (χ3n) is 2.19. The van der Waals surface area contributed by atoms with Crippen molar-refractivity contribution in [3.8, 4) is 6.07 Å². The van der Waals surface area contributed by atoms with Crippen molar-refractivity contribution in [1.82, 2.24) is 5.32 Å². The molecule has 1 aromatic carbocycles. The molecule has 0 aliphatic carbocycles. The molecule has 6 heteroatoms. The molecule has 0 heterocycles. The molecule has 19 heavy (non-hydrogen) atoms. The molecule has 1 aromatic rings. The third kappa shape index (κ3) is 6.07. The van der Waals surface area contributed by atoms with E-state index in [1.165, 1.54) is 6.92 Å². The van der Waals surface area contributed by atoms with E-state index in [9.17, 15) is 9.59 Å². The number of nitrogens with zero attached hydrogens (tertiary/aromatic N) is 1. The van der Waals surface area contributed by atoms with E-state index in [4.69, 9.17) is 5.26 Å². The Kier molecular flexibility index (Phi) is 5.89. The first-order valence-corrected chi connectivity index (χ1v) is 5.87. The van der Waals surface area contributed by atoms with Crippen LogP contribution in [0.3, 0.4) is 0 Å². The van der Waals surface area contributed by atoms with Crippen LogP contribution in [0.2, 0.25) is 0 Å². The Labute approximate surface area is 111 Å². The summed E-state index contributed by atoms with van der Waals surface area (Å²) in [6.45, 7) is 1.90. The fourth-order valence-corrected chi connectivity index (χ4v) is 1.41. The van der Waals surface area contributed by atoms with Gasteiger partial charge in [0.2, 0.25) is 11.8 Å². The van der Waals surface area contributed by atoms with Crippen molar-refractivity contribution in [2.75, 3.05) is 23.7 Å². The van der Waals surface area contributed by atoms with Gasteiger partial charge >= 0.3 is 0 Å². The summed E-state index contributed by atoms with van der Waals surface area (Å²) >= 11 is 0. The summed E-state index contributed by atoms with van der Waals surface area (Å²) in [4.78, 5) is 22.3. The van der Waals surface area contributed by atoms with Gasteiger partial charge in [-0.1, -0.05) is 6.07 Å². The minimum atomic E-state index is -0.180. The fourth-order valence-electron chi connectivity index (χ4n) is 1.41. The van der Waals surface area contributed by atoms with Gasteiger partial charge in [-0.3, -0.25) is 9.59 Å². The minimum Gasteiger partial charge on any atom is -0.376 e. The Bertz CT molecular complexity index is 494. The number of nitrogens with one attached hydrogen (secondary N) is 3. The topological polar surface area (TPSA) is 94.0 Å². The van der Waals surface area contributed by atoms with Gasteiger partial charge in [-0.25, -0.2) is 0 Å². The Morgan fingerprint density at radius 3 is 2.74 bits per heavy atom. The molecule has 0 unspecified atom stereocenters. The van der Waals surface area contributed by atoms with Crippen LogP contribution in [0.15, 0.2) is 24.3 Å². The van der Waals surface area contributed by atoms with Crippen LogP contribution in [-0.2, 0) is 9.59 Å². The molecule has 0 fully saturated rings. The highest BCUT2D eigenvalue weighted by Crippen LogP contribution is 2.14. The first-order valence-electron chi connectivity index (χ1n) is 5.87. The van der Waals surface area contributed by atoms with E-state index in [0.29, 0.717) is 18.7 Å². The van der Waals surface area contributed by atoms with Crippen LogP contribution in [0.4, 0.5) is 11.4 Å². The molecule has 0 aromatic heterocycles. The molecule has 6 nitrogen and oxygen atoms in total. The normalized spacial score (nSPS) is 9.26. The molecule has 0 aliphatic heterocycles. The van der Waals surface area contributed by atoms with E-state index >= 15 is 0 Å². The van der Waals surface area contributed by atoms with Crippen LogP contribution >= 0.6 is 0 Å². The van der Waals surface area contributed by atoms with E-state index in [1.807, 2.05) is 6.07 Å². The number of benzene rings is 1. The zero-order valence-electron chi connectivity index (χ0n) is 10.7. The van der Waals surface area contributed by atoms with Gasteiger partial charge in [-0.15, -0.1) is 0 Å². The molecular formula is C13H16N4O2. The number of hydrogen-bond donors (Lipinski definition) is 3. The highest BCUT2D eigenvalue weighted by molar-refractivity contribution is 5.89. The maximum absolute atomic E-state index is 11.4.